The standard InChI is InChI=1S/C34H52O13/c1-13-7-20(44-30(43)16(13)11-35)14(2)25-19(37)9-18-15-8-24-34(47-24)29(42)21(45-31-28(41)27(40)26(39)22(12-36)46-31)10-23(38)33(34,4)17(15)5-6-32(18,25)3/h14-15,17-29,31,35-42H,5-12H2,1-4H3/t14-,15?,17?,18?,19?,20?,21+,22-,23?,24-,25?,26-,27+,28-,29+,31-,32+,33+,34+/m1/s1. The second kappa shape index (κ2) is 11.7. The number of rotatable bonds is 6. The van der Waals surface area contributed by atoms with Crippen molar-refractivity contribution in [3.63, 3.8) is 0 Å². The molecule has 47 heavy (non-hydrogen) atoms. The van der Waals surface area contributed by atoms with Crippen LogP contribution in [0.25, 0.3) is 0 Å². The molecule has 266 valence electrons. The van der Waals surface area contributed by atoms with Gasteiger partial charge < -0.3 is 59.8 Å². The van der Waals surface area contributed by atoms with Gasteiger partial charge in [-0.25, -0.2) is 4.79 Å². The van der Waals surface area contributed by atoms with E-state index in [9.17, 15) is 45.6 Å². The number of fused-ring (bicyclic) bond motifs is 4. The van der Waals surface area contributed by atoms with Gasteiger partial charge in [0.2, 0.25) is 0 Å². The molecule has 8 N–H and O–H groups in total. The summed E-state index contributed by atoms with van der Waals surface area (Å²) in [5.41, 5.74) is -1.04. The van der Waals surface area contributed by atoms with Gasteiger partial charge in [0.05, 0.1) is 43.2 Å². The molecular formula is C34H52O13. The van der Waals surface area contributed by atoms with Crippen LogP contribution in [0.2, 0.25) is 0 Å². The summed E-state index contributed by atoms with van der Waals surface area (Å²) in [6, 6.07) is 0. The molecule has 0 amide bonds. The highest BCUT2D eigenvalue weighted by Gasteiger charge is 2.82. The third-order valence-electron chi connectivity index (χ3n) is 14.3. The summed E-state index contributed by atoms with van der Waals surface area (Å²) < 4.78 is 23.8. The Kier molecular flexibility index (Phi) is 8.49. The number of hydrogen-bond acceptors (Lipinski definition) is 13. The Morgan fingerprint density at radius 1 is 0.979 bits per heavy atom. The first kappa shape index (κ1) is 34.2. The topological polar surface area (TPSA) is 219 Å². The van der Waals surface area contributed by atoms with Gasteiger partial charge >= 0.3 is 5.97 Å². The second-order valence-electron chi connectivity index (χ2n) is 16.2. The van der Waals surface area contributed by atoms with E-state index in [2.05, 4.69) is 13.8 Å². The van der Waals surface area contributed by atoms with Crippen LogP contribution in [0.1, 0.15) is 66.2 Å². The van der Waals surface area contributed by atoms with Crippen molar-refractivity contribution in [2.75, 3.05) is 13.2 Å². The van der Waals surface area contributed by atoms with Gasteiger partial charge in [-0.2, -0.15) is 0 Å². The number of carbonyl (C=O) groups is 1. The van der Waals surface area contributed by atoms with Crippen molar-refractivity contribution < 1.29 is 64.6 Å². The highest BCUT2D eigenvalue weighted by Crippen LogP contribution is 2.74. The molecule has 3 aliphatic heterocycles. The SMILES string of the molecule is CC1=C(CO)C(=O)OC([C@@H](C)C2C(O)CC3C4C[C@H]5O[C@]56[C@@H](O)[C@@H](O[C@@H]5O[C@H](CO)[C@@H](O)[C@H](O)[C@H]5O)CC(O)[C@]6(C)C4CC[C@@]32C)C1. The predicted octanol–water partition coefficient (Wildman–Crippen LogP) is -0.865. The van der Waals surface area contributed by atoms with Crippen molar-refractivity contribution >= 4 is 5.97 Å². The average molecular weight is 669 g/mol. The lowest BCUT2D eigenvalue weighted by atomic mass is 9.43. The molecule has 4 saturated carbocycles. The molecule has 13 nitrogen and oxygen atoms in total. The molecule has 0 aromatic carbocycles. The van der Waals surface area contributed by atoms with Crippen LogP contribution in [0.4, 0.5) is 0 Å². The lowest BCUT2D eigenvalue weighted by molar-refractivity contribution is -0.330. The maximum absolute atomic E-state index is 12.7. The van der Waals surface area contributed by atoms with Crippen LogP contribution < -0.4 is 0 Å². The smallest absolute Gasteiger partial charge is 0.336 e. The summed E-state index contributed by atoms with van der Waals surface area (Å²) in [6.07, 6.45) is -8.60. The fraction of sp³-hybridized carbons (Fsp3) is 0.912. The minimum atomic E-state index is -1.64. The van der Waals surface area contributed by atoms with Gasteiger partial charge in [0.25, 0.3) is 0 Å². The lowest BCUT2D eigenvalue weighted by Gasteiger charge is -2.62. The van der Waals surface area contributed by atoms with E-state index in [0.29, 0.717) is 24.8 Å². The van der Waals surface area contributed by atoms with Crippen LogP contribution in [-0.4, -0.2) is 133 Å². The molecule has 1 spiro atoms. The number of carbonyl (C=O) groups excluding carboxylic acids is 1. The summed E-state index contributed by atoms with van der Waals surface area (Å²) in [6.45, 7) is 7.17. The first-order chi connectivity index (χ1) is 22.1. The first-order valence-electron chi connectivity index (χ1n) is 17.3. The summed E-state index contributed by atoms with van der Waals surface area (Å²) in [5, 5.41) is 85.6. The molecule has 7 rings (SSSR count). The summed E-state index contributed by atoms with van der Waals surface area (Å²) in [7, 11) is 0. The molecule has 3 heterocycles. The molecule has 7 aliphatic rings. The quantitative estimate of drug-likeness (QED) is 0.0982. The maximum Gasteiger partial charge on any atom is 0.336 e. The molecule has 0 radical (unpaired) electrons. The second-order valence-corrected chi connectivity index (χ2v) is 16.2. The molecule has 2 saturated heterocycles. The van der Waals surface area contributed by atoms with E-state index in [0.717, 1.165) is 18.4 Å². The van der Waals surface area contributed by atoms with Crippen LogP contribution in [0.5, 0.6) is 0 Å². The van der Waals surface area contributed by atoms with Crippen molar-refractivity contribution in [1.82, 2.24) is 0 Å². The van der Waals surface area contributed by atoms with E-state index in [1.54, 1.807) is 0 Å². The largest absolute Gasteiger partial charge is 0.458 e. The third-order valence-corrected chi connectivity index (χ3v) is 14.3. The van der Waals surface area contributed by atoms with Crippen molar-refractivity contribution in [2.45, 2.75) is 139 Å². The molecular weight excluding hydrogens is 616 g/mol. The third kappa shape index (κ3) is 4.65. The Morgan fingerprint density at radius 3 is 2.36 bits per heavy atom. The fourth-order valence-electron chi connectivity index (χ4n) is 11.8. The van der Waals surface area contributed by atoms with Gasteiger partial charge in [-0.3, -0.25) is 0 Å². The zero-order valence-electron chi connectivity index (χ0n) is 27.5. The van der Waals surface area contributed by atoms with E-state index < -0.39 is 84.8 Å². The van der Waals surface area contributed by atoms with Crippen LogP contribution in [0.15, 0.2) is 11.1 Å². The molecule has 0 aromatic heterocycles. The number of hydrogen-bond donors (Lipinski definition) is 8. The summed E-state index contributed by atoms with van der Waals surface area (Å²) in [4.78, 5) is 12.7. The zero-order valence-corrected chi connectivity index (χ0v) is 27.5. The van der Waals surface area contributed by atoms with Gasteiger partial charge in [-0.05, 0) is 67.6 Å². The van der Waals surface area contributed by atoms with Crippen molar-refractivity contribution in [3.8, 4) is 0 Å². The lowest BCUT2D eigenvalue weighted by Crippen LogP contribution is -2.70. The number of ether oxygens (including phenoxy) is 4. The predicted molar refractivity (Wildman–Crippen MR) is 161 cm³/mol. The number of aliphatic hydroxyl groups excluding tert-OH is 8. The Balaban J connectivity index is 1.11. The van der Waals surface area contributed by atoms with Crippen LogP contribution in [-0.2, 0) is 23.7 Å². The normalized spacial score (nSPS) is 56.2. The highest BCUT2D eigenvalue weighted by molar-refractivity contribution is 5.90. The van der Waals surface area contributed by atoms with E-state index in [-0.39, 0.29) is 54.1 Å². The molecule has 7 unspecified atom stereocenters. The Bertz CT molecular complexity index is 1270. The molecule has 13 heteroatoms. The monoisotopic (exact) mass is 668 g/mol. The molecule has 0 aromatic rings. The molecule has 6 fully saturated rings. The zero-order chi connectivity index (χ0) is 34.0. The Labute approximate surface area is 274 Å². The highest BCUT2D eigenvalue weighted by atomic mass is 16.7. The minimum Gasteiger partial charge on any atom is -0.458 e. The van der Waals surface area contributed by atoms with Crippen LogP contribution >= 0.6 is 0 Å². The number of epoxide rings is 1. The summed E-state index contributed by atoms with van der Waals surface area (Å²) >= 11 is 0. The van der Waals surface area contributed by atoms with Crippen molar-refractivity contribution in [3.05, 3.63) is 11.1 Å². The van der Waals surface area contributed by atoms with Crippen LogP contribution in [0.3, 0.4) is 0 Å². The van der Waals surface area contributed by atoms with Crippen LogP contribution in [0, 0.1) is 40.4 Å². The van der Waals surface area contributed by atoms with Gasteiger partial charge in [-0.15, -0.1) is 0 Å². The average Bonchev–Trinajstić information content (AvgIpc) is 3.70. The number of aliphatic hydroxyl groups is 8. The summed E-state index contributed by atoms with van der Waals surface area (Å²) in [5.74, 6) is -0.497. The van der Waals surface area contributed by atoms with Crippen molar-refractivity contribution in [2.24, 2.45) is 40.4 Å². The fourth-order valence-corrected chi connectivity index (χ4v) is 11.8. The van der Waals surface area contributed by atoms with E-state index >= 15 is 0 Å². The van der Waals surface area contributed by atoms with Gasteiger partial charge in [0.1, 0.15) is 42.2 Å². The van der Waals surface area contributed by atoms with Crippen molar-refractivity contribution in [1.29, 1.82) is 0 Å². The Hall–Kier alpha value is -1.23. The maximum atomic E-state index is 12.7. The Morgan fingerprint density at radius 2 is 1.70 bits per heavy atom. The van der Waals surface area contributed by atoms with E-state index in [1.165, 1.54) is 0 Å². The number of esters is 1. The first-order valence-corrected chi connectivity index (χ1v) is 17.3. The van der Waals surface area contributed by atoms with E-state index in [1.807, 2.05) is 13.8 Å². The van der Waals surface area contributed by atoms with Gasteiger partial charge in [-0.1, -0.05) is 26.3 Å². The minimum absolute atomic E-state index is 0.0109. The van der Waals surface area contributed by atoms with Gasteiger partial charge in [0.15, 0.2) is 6.29 Å². The molecule has 0 bridgehead atoms. The number of cyclic esters (lactones) is 1. The van der Waals surface area contributed by atoms with Gasteiger partial charge in [0, 0.05) is 18.3 Å². The molecule has 4 aliphatic carbocycles. The van der Waals surface area contributed by atoms with E-state index in [4.69, 9.17) is 18.9 Å². The molecule has 19 atom stereocenters.